The molecule has 0 fully saturated rings. The highest BCUT2D eigenvalue weighted by atomic mass is 16.5. The Hall–Kier alpha value is -1.71. The zero-order valence-corrected chi connectivity index (χ0v) is 11.1. The number of hydrogen-bond donors (Lipinski definition) is 2. The summed E-state index contributed by atoms with van der Waals surface area (Å²) in [6.07, 6.45) is 1.16. The van der Waals surface area contributed by atoms with Gasteiger partial charge in [-0.1, -0.05) is 26.0 Å². The van der Waals surface area contributed by atoms with Crippen LogP contribution in [0.25, 0.3) is 0 Å². The highest BCUT2D eigenvalue weighted by Gasteiger charge is 2.18. The van der Waals surface area contributed by atoms with Crippen molar-refractivity contribution in [3.8, 4) is 11.5 Å². The van der Waals surface area contributed by atoms with Crippen LogP contribution >= 0.6 is 0 Å². The number of nitrogens with one attached hydrogen (secondary N) is 1. The van der Waals surface area contributed by atoms with Gasteiger partial charge >= 0.3 is 0 Å². The highest BCUT2D eigenvalue weighted by Crippen LogP contribution is 2.25. The van der Waals surface area contributed by atoms with E-state index in [1.54, 1.807) is 25.1 Å². The van der Waals surface area contributed by atoms with E-state index in [0.29, 0.717) is 5.75 Å². The van der Waals surface area contributed by atoms with E-state index in [4.69, 9.17) is 4.74 Å². The minimum absolute atomic E-state index is 0.0414. The number of hydrogen-bond acceptors (Lipinski definition) is 3. The van der Waals surface area contributed by atoms with E-state index < -0.39 is 6.10 Å². The lowest BCUT2D eigenvalue weighted by Crippen LogP contribution is -2.42. The average molecular weight is 251 g/mol. The molecule has 0 aliphatic rings. The molecular formula is C14H21NO3. The quantitative estimate of drug-likeness (QED) is 0.816. The third-order valence-electron chi connectivity index (χ3n) is 2.87. The molecule has 0 spiro atoms. The van der Waals surface area contributed by atoms with Crippen LogP contribution in [0.15, 0.2) is 24.3 Å². The molecule has 0 aliphatic carbocycles. The van der Waals surface area contributed by atoms with E-state index in [9.17, 15) is 9.90 Å². The summed E-state index contributed by atoms with van der Waals surface area (Å²) in [5.74, 6) is 0.205. The van der Waals surface area contributed by atoms with Gasteiger partial charge in [0, 0.05) is 6.04 Å². The molecule has 0 saturated carbocycles. The summed E-state index contributed by atoms with van der Waals surface area (Å²) in [6.45, 7) is 5.73. The van der Waals surface area contributed by atoms with Crippen LogP contribution in [0.2, 0.25) is 0 Å². The molecule has 0 aromatic heterocycles. The van der Waals surface area contributed by atoms with Crippen LogP contribution in [0.5, 0.6) is 11.5 Å². The zero-order chi connectivity index (χ0) is 13.5. The van der Waals surface area contributed by atoms with Gasteiger partial charge in [0.25, 0.3) is 5.91 Å². The molecule has 2 N–H and O–H groups in total. The fraction of sp³-hybridized carbons (Fsp3) is 0.500. The molecule has 1 rings (SSSR count). The summed E-state index contributed by atoms with van der Waals surface area (Å²) >= 11 is 0. The Morgan fingerprint density at radius 1 is 1.33 bits per heavy atom. The van der Waals surface area contributed by atoms with Crippen molar-refractivity contribution in [2.75, 3.05) is 0 Å². The van der Waals surface area contributed by atoms with Crippen molar-refractivity contribution in [3.05, 3.63) is 24.3 Å². The Balaban J connectivity index is 2.57. The Morgan fingerprint density at radius 3 is 2.50 bits per heavy atom. The molecule has 0 saturated heterocycles. The van der Waals surface area contributed by atoms with E-state index >= 15 is 0 Å². The minimum Gasteiger partial charge on any atom is -0.504 e. The molecule has 4 nitrogen and oxygen atoms in total. The first kappa shape index (κ1) is 14.4. The predicted molar refractivity (Wildman–Crippen MR) is 70.7 cm³/mol. The van der Waals surface area contributed by atoms with Crippen LogP contribution in [0.3, 0.4) is 0 Å². The minimum atomic E-state index is -0.626. The van der Waals surface area contributed by atoms with E-state index in [-0.39, 0.29) is 17.7 Å². The molecule has 0 heterocycles. The van der Waals surface area contributed by atoms with Crippen molar-refractivity contribution in [1.29, 1.82) is 0 Å². The number of rotatable bonds is 6. The van der Waals surface area contributed by atoms with E-state index in [2.05, 4.69) is 5.32 Å². The zero-order valence-electron chi connectivity index (χ0n) is 11.1. The second-order valence-corrected chi connectivity index (χ2v) is 4.25. The standard InChI is InChI=1S/C14H21NO3/c1-4-11(5-2)15-14(17)10(3)18-13-9-7-6-8-12(13)16/h6-11,16H,4-5H2,1-3H3,(H,15,17). The molecule has 1 atom stereocenters. The largest absolute Gasteiger partial charge is 0.504 e. The number of amides is 1. The van der Waals surface area contributed by atoms with Gasteiger partial charge < -0.3 is 15.2 Å². The van der Waals surface area contributed by atoms with Crippen molar-refractivity contribution < 1.29 is 14.6 Å². The van der Waals surface area contributed by atoms with Gasteiger partial charge in [0.15, 0.2) is 17.6 Å². The van der Waals surface area contributed by atoms with Crippen molar-refractivity contribution in [2.24, 2.45) is 0 Å². The number of phenols is 1. The van der Waals surface area contributed by atoms with E-state index in [1.807, 2.05) is 13.8 Å². The van der Waals surface area contributed by atoms with Gasteiger partial charge in [-0.3, -0.25) is 4.79 Å². The second kappa shape index (κ2) is 6.89. The van der Waals surface area contributed by atoms with Crippen LogP contribution < -0.4 is 10.1 Å². The predicted octanol–water partition coefficient (Wildman–Crippen LogP) is 2.46. The summed E-state index contributed by atoms with van der Waals surface area (Å²) in [4.78, 5) is 11.9. The molecule has 0 bridgehead atoms. The van der Waals surface area contributed by atoms with Crippen LogP contribution in [0, 0.1) is 0 Å². The fourth-order valence-corrected chi connectivity index (χ4v) is 1.61. The summed E-state index contributed by atoms with van der Waals surface area (Å²) in [5.41, 5.74) is 0. The number of carbonyl (C=O) groups excluding carboxylic acids is 1. The van der Waals surface area contributed by atoms with Gasteiger partial charge in [0.2, 0.25) is 0 Å². The van der Waals surface area contributed by atoms with Crippen LogP contribution in [-0.2, 0) is 4.79 Å². The number of ether oxygens (including phenoxy) is 1. The number of para-hydroxylation sites is 2. The molecule has 4 heteroatoms. The fourth-order valence-electron chi connectivity index (χ4n) is 1.61. The van der Waals surface area contributed by atoms with Crippen LogP contribution in [0.1, 0.15) is 33.6 Å². The Bertz CT molecular complexity index is 388. The second-order valence-electron chi connectivity index (χ2n) is 4.25. The van der Waals surface area contributed by atoms with Crippen LogP contribution in [-0.4, -0.2) is 23.2 Å². The van der Waals surface area contributed by atoms with Crippen molar-refractivity contribution in [1.82, 2.24) is 5.32 Å². The first-order chi connectivity index (χ1) is 8.58. The third-order valence-corrected chi connectivity index (χ3v) is 2.87. The van der Waals surface area contributed by atoms with Gasteiger partial charge in [0.05, 0.1) is 0 Å². The maximum Gasteiger partial charge on any atom is 0.260 e. The van der Waals surface area contributed by atoms with Crippen molar-refractivity contribution >= 4 is 5.91 Å². The van der Waals surface area contributed by atoms with Gasteiger partial charge in [-0.2, -0.15) is 0 Å². The first-order valence-electron chi connectivity index (χ1n) is 6.33. The molecule has 0 radical (unpaired) electrons. The van der Waals surface area contributed by atoms with E-state index in [1.165, 1.54) is 6.07 Å². The van der Waals surface area contributed by atoms with Gasteiger partial charge in [-0.05, 0) is 31.9 Å². The summed E-state index contributed by atoms with van der Waals surface area (Å²) < 4.78 is 5.43. The third kappa shape index (κ3) is 3.95. The Morgan fingerprint density at radius 2 is 1.94 bits per heavy atom. The molecule has 18 heavy (non-hydrogen) atoms. The summed E-state index contributed by atoms with van der Waals surface area (Å²) in [5, 5.41) is 12.5. The average Bonchev–Trinajstić information content (AvgIpc) is 2.38. The number of aromatic hydroxyl groups is 1. The van der Waals surface area contributed by atoms with Crippen molar-refractivity contribution in [2.45, 2.75) is 45.8 Å². The molecule has 1 aromatic carbocycles. The lowest BCUT2D eigenvalue weighted by Gasteiger charge is -2.19. The smallest absolute Gasteiger partial charge is 0.260 e. The summed E-state index contributed by atoms with van der Waals surface area (Å²) in [7, 11) is 0. The number of phenolic OH excluding ortho intramolecular Hbond substituents is 1. The van der Waals surface area contributed by atoms with Gasteiger partial charge in [-0.25, -0.2) is 0 Å². The monoisotopic (exact) mass is 251 g/mol. The topological polar surface area (TPSA) is 58.6 Å². The maximum atomic E-state index is 11.9. The molecule has 1 aromatic rings. The number of benzene rings is 1. The molecule has 0 aliphatic heterocycles. The number of carbonyl (C=O) groups is 1. The normalized spacial score (nSPS) is 12.2. The Labute approximate surface area is 108 Å². The molecule has 1 unspecified atom stereocenters. The van der Waals surface area contributed by atoms with E-state index in [0.717, 1.165) is 12.8 Å². The molecular weight excluding hydrogens is 230 g/mol. The lowest BCUT2D eigenvalue weighted by molar-refractivity contribution is -0.128. The summed E-state index contributed by atoms with van der Waals surface area (Å²) in [6, 6.07) is 6.79. The van der Waals surface area contributed by atoms with Gasteiger partial charge in [-0.15, -0.1) is 0 Å². The lowest BCUT2D eigenvalue weighted by atomic mass is 10.1. The molecule has 100 valence electrons. The van der Waals surface area contributed by atoms with Crippen LogP contribution in [0.4, 0.5) is 0 Å². The maximum absolute atomic E-state index is 11.9. The Kier molecular flexibility index (Phi) is 5.49. The van der Waals surface area contributed by atoms with Gasteiger partial charge in [0.1, 0.15) is 0 Å². The first-order valence-corrected chi connectivity index (χ1v) is 6.33. The van der Waals surface area contributed by atoms with Crippen molar-refractivity contribution in [3.63, 3.8) is 0 Å². The SMILES string of the molecule is CCC(CC)NC(=O)C(C)Oc1ccccc1O. The molecule has 1 amide bonds. The highest BCUT2D eigenvalue weighted by molar-refractivity contribution is 5.81.